The Bertz CT molecular complexity index is 616. The van der Waals surface area contributed by atoms with Crippen molar-refractivity contribution >= 4 is 5.69 Å². The Kier molecular flexibility index (Phi) is 3.26. The third-order valence-corrected chi connectivity index (χ3v) is 2.63. The van der Waals surface area contributed by atoms with E-state index in [-0.39, 0.29) is 6.04 Å². The van der Waals surface area contributed by atoms with Crippen LogP contribution in [0.15, 0.2) is 30.5 Å². The van der Waals surface area contributed by atoms with Crippen molar-refractivity contribution in [2.24, 2.45) is 0 Å². The van der Waals surface area contributed by atoms with Gasteiger partial charge in [0.15, 0.2) is 0 Å². The average Bonchev–Trinajstić information content (AvgIpc) is 2.92. The number of hydrogen-bond donors (Lipinski definition) is 2. The van der Waals surface area contributed by atoms with Gasteiger partial charge in [0, 0.05) is 11.9 Å². The van der Waals surface area contributed by atoms with Gasteiger partial charge in [0.25, 0.3) is 0 Å². The predicted molar refractivity (Wildman–Crippen MR) is 66.5 cm³/mol. The van der Waals surface area contributed by atoms with E-state index in [0.29, 0.717) is 11.1 Å². The van der Waals surface area contributed by atoms with Crippen LogP contribution in [0.25, 0.3) is 0 Å². The molecule has 2 N–H and O–H groups in total. The van der Waals surface area contributed by atoms with Crippen molar-refractivity contribution < 1.29 is 0 Å². The fraction of sp³-hybridized carbons (Fsp3) is 0.154. The smallest absolute Gasteiger partial charge is 0.101 e. The summed E-state index contributed by atoms with van der Waals surface area (Å²) in [6.45, 7) is 1.98. The van der Waals surface area contributed by atoms with Crippen LogP contribution in [0.2, 0.25) is 0 Å². The minimum atomic E-state index is 0.0481. The topological polar surface area (TPSA) is 88.3 Å². The Hall–Kier alpha value is -2.79. The molecule has 0 aliphatic heterocycles. The second kappa shape index (κ2) is 5.03. The van der Waals surface area contributed by atoms with E-state index in [1.54, 1.807) is 24.4 Å². The highest BCUT2D eigenvalue weighted by molar-refractivity contribution is 5.56. The van der Waals surface area contributed by atoms with Gasteiger partial charge >= 0.3 is 0 Å². The van der Waals surface area contributed by atoms with Gasteiger partial charge in [-0.25, -0.2) is 0 Å². The lowest BCUT2D eigenvalue weighted by Crippen LogP contribution is -2.07. The zero-order valence-electron chi connectivity index (χ0n) is 9.81. The number of anilines is 1. The van der Waals surface area contributed by atoms with E-state index in [9.17, 15) is 0 Å². The number of aromatic amines is 1. The monoisotopic (exact) mass is 237 g/mol. The highest BCUT2D eigenvalue weighted by Crippen LogP contribution is 2.20. The molecule has 0 spiro atoms. The summed E-state index contributed by atoms with van der Waals surface area (Å²) < 4.78 is 0. The van der Waals surface area contributed by atoms with Crippen LogP contribution in [0.4, 0.5) is 5.69 Å². The lowest BCUT2D eigenvalue weighted by Gasteiger charge is -2.13. The van der Waals surface area contributed by atoms with Gasteiger partial charge in [-0.1, -0.05) is 0 Å². The van der Waals surface area contributed by atoms with Crippen LogP contribution >= 0.6 is 0 Å². The number of rotatable bonds is 3. The highest BCUT2D eigenvalue weighted by atomic mass is 15.1. The molecule has 0 saturated heterocycles. The number of benzene rings is 1. The molecule has 2 aromatic rings. The van der Waals surface area contributed by atoms with Crippen molar-refractivity contribution in [1.29, 1.82) is 10.5 Å². The number of nitrogens with one attached hydrogen (secondary N) is 2. The van der Waals surface area contributed by atoms with Gasteiger partial charge in [-0.3, -0.25) is 5.10 Å². The molecule has 0 aliphatic carbocycles. The molecule has 2 rings (SSSR count). The summed E-state index contributed by atoms with van der Waals surface area (Å²) in [5, 5.41) is 27.8. The molecule has 1 unspecified atom stereocenters. The quantitative estimate of drug-likeness (QED) is 0.857. The van der Waals surface area contributed by atoms with Crippen LogP contribution in [0.3, 0.4) is 0 Å². The second-order valence-electron chi connectivity index (χ2n) is 3.86. The van der Waals surface area contributed by atoms with Crippen molar-refractivity contribution in [3.63, 3.8) is 0 Å². The van der Waals surface area contributed by atoms with Crippen molar-refractivity contribution in [3.05, 3.63) is 47.3 Å². The zero-order chi connectivity index (χ0) is 13.0. The summed E-state index contributed by atoms with van der Waals surface area (Å²) in [5.41, 5.74) is 2.52. The van der Waals surface area contributed by atoms with Crippen molar-refractivity contribution in [1.82, 2.24) is 10.2 Å². The Balaban J connectivity index is 2.21. The van der Waals surface area contributed by atoms with E-state index in [1.807, 2.05) is 25.1 Å². The molecule has 0 fully saturated rings. The molecule has 5 nitrogen and oxygen atoms in total. The molecule has 1 heterocycles. The standard InChI is InChI=1S/C13H11N5/c1-9(13-4-5-16-18-13)17-12-3-2-10(7-14)11(6-12)8-15/h2-6,9,17H,1H3,(H,16,18). The van der Waals surface area contributed by atoms with Crippen LogP contribution in [-0.2, 0) is 0 Å². The molecule has 88 valence electrons. The summed E-state index contributed by atoms with van der Waals surface area (Å²) in [4.78, 5) is 0. The lowest BCUT2D eigenvalue weighted by molar-refractivity contribution is 0.825. The Morgan fingerprint density at radius 3 is 2.61 bits per heavy atom. The van der Waals surface area contributed by atoms with Gasteiger partial charge in [-0.05, 0) is 31.2 Å². The van der Waals surface area contributed by atoms with Crippen LogP contribution in [0.5, 0.6) is 0 Å². The van der Waals surface area contributed by atoms with Crippen LogP contribution in [-0.4, -0.2) is 10.2 Å². The maximum absolute atomic E-state index is 8.95. The molecular weight excluding hydrogens is 226 g/mol. The van der Waals surface area contributed by atoms with Crippen LogP contribution < -0.4 is 5.32 Å². The Labute approximate surface area is 105 Å². The third kappa shape index (κ3) is 2.31. The Morgan fingerprint density at radius 2 is 2.00 bits per heavy atom. The predicted octanol–water partition coefficient (Wildman–Crippen LogP) is 2.33. The molecular formula is C13H11N5. The van der Waals surface area contributed by atoms with E-state index in [0.717, 1.165) is 11.4 Å². The average molecular weight is 237 g/mol. The van der Waals surface area contributed by atoms with Gasteiger partial charge < -0.3 is 5.32 Å². The molecule has 1 atom stereocenters. The molecule has 0 radical (unpaired) electrons. The van der Waals surface area contributed by atoms with Gasteiger partial charge in [-0.15, -0.1) is 0 Å². The zero-order valence-corrected chi connectivity index (χ0v) is 9.81. The van der Waals surface area contributed by atoms with Crippen molar-refractivity contribution in [2.45, 2.75) is 13.0 Å². The normalized spacial score (nSPS) is 11.3. The Morgan fingerprint density at radius 1 is 1.22 bits per heavy atom. The van der Waals surface area contributed by atoms with E-state index in [1.165, 1.54) is 0 Å². The van der Waals surface area contributed by atoms with Gasteiger partial charge in [0.2, 0.25) is 0 Å². The SMILES string of the molecule is CC(Nc1ccc(C#N)c(C#N)c1)c1ccn[nH]1. The van der Waals surface area contributed by atoms with Crippen molar-refractivity contribution in [2.75, 3.05) is 5.32 Å². The first-order valence-electron chi connectivity index (χ1n) is 5.44. The first-order chi connectivity index (χ1) is 8.74. The number of H-pyrrole nitrogens is 1. The number of aromatic nitrogens is 2. The summed E-state index contributed by atoms with van der Waals surface area (Å²) in [6, 6.07) is 11.0. The second-order valence-corrected chi connectivity index (χ2v) is 3.86. The van der Waals surface area contributed by atoms with Gasteiger partial charge in [0.1, 0.15) is 12.1 Å². The molecule has 0 amide bonds. The molecule has 18 heavy (non-hydrogen) atoms. The summed E-state index contributed by atoms with van der Waals surface area (Å²) >= 11 is 0. The summed E-state index contributed by atoms with van der Waals surface area (Å²) in [6.07, 6.45) is 1.69. The minimum Gasteiger partial charge on any atom is -0.377 e. The molecule has 5 heteroatoms. The van der Waals surface area contributed by atoms with E-state index in [4.69, 9.17) is 10.5 Å². The third-order valence-electron chi connectivity index (χ3n) is 2.63. The van der Waals surface area contributed by atoms with Gasteiger partial charge in [-0.2, -0.15) is 15.6 Å². The van der Waals surface area contributed by atoms with Crippen LogP contribution in [0.1, 0.15) is 29.8 Å². The fourth-order valence-electron chi connectivity index (χ4n) is 1.66. The summed E-state index contributed by atoms with van der Waals surface area (Å²) in [7, 11) is 0. The lowest BCUT2D eigenvalue weighted by atomic mass is 10.1. The molecule has 0 bridgehead atoms. The molecule has 1 aromatic carbocycles. The van der Waals surface area contributed by atoms with E-state index >= 15 is 0 Å². The molecule has 0 aliphatic rings. The molecule has 0 saturated carbocycles. The fourth-order valence-corrected chi connectivity index (χ4v) is 1.66. The first-order valence-corrected chi connectivity index (χ1v) is 5.44. The van der Waals surface area contributed by atoms with E-state index in [2.05, 4.69) is 15.5 Å². The number of nitriles is 2. The van der Waals surface area contributed by atoms with Gasteiger partial charge in [0.05, 0.1) is 22.9 Å². The van der Waals surface area contributed by atoms with Crippen LogP contribution in [0, 0.1) is 22.7 Å². The largest absolute Gasteiger partial charge is 0.377 e. The maximum Gasteiger partial charge on any atom is 0.101 e. The van der Waals surface area contributed by atoms with E-state index < -0.39 is 0 Å². The molecule has 1 aromatic heterocycles. The number of nitrogens with zero attached hydrogens (tertiary/aromatic N) is 3. The number of hydrogen-bond acceptors (Lipinski definition) is 4. The first kappa shape index (κ1) is 11.7. The summed E-state index contributed by atoms with van der Waals surface area (Å²) in [5.74, 6) is 0. The maximum atomic E-state index is 8.95. The van der Waals surface area contributed by atoms with Crippen molar-refractivity contribution in [3.8, 4) is 12.1 Å². The highest BCUT2D eigenvalue weighted by Gasteiger charge is 2.08. The minimum absolute atomic E-state index is 0.0481.